The van der Waals surface area contributed by atoms with Crippen molar-refractivity contribution in [1.29, 1.82) is 0 Å². The van der Waals surface area contributed by atoms with E-state index in [2.05, 4.69) is 10.1 Å². The van der Waals surface area contributed by atoms with Crippen LogP contribution in [0.4, 0.5) is 14.5 Å². The van der Waals surface area contributed by atoms with Gasteiger partial charge >= 0.3 is 0 Å². The minimum Gasteiger partial charge on any atom is -0.264 e. The second-order valence-electron chi connectivity index (χ2n) is 4.68. The maximum absolute atomic E-state index is 13.3. The van der Waals surface area contributed by atoms with Crippen molar-refractivity contribution in [2.45, 2.75) is 6.43 Å². The second-order valence-corrected chi connectivity index (χ2v) is 4.68. The summed E-state index contributed by atoms with van der Waals surface area (Å²) in [6.07, 6.45) is 0.367. The van der Waals surface area contributed by atoms with Gasteiger partial charge in [0.1, 0.15) is 5.69 Å². The number of nitro benzene ring substituents is 1. The molecule has 0 atom stereocenters. The second kappa shape index (κ2) is 5.91. The molecule has 2 aromatic heterocycles. The maximum Gasteiger partial charge on any atom is 0.280 e. The molecule has 0 bridgehead atoms. The number of hydrogen-bond donors (Lipinski definition) is 0. The van der Waals surface area contributed by atoms with E-state index in [-0.39, 0.29) is 11.4 Å². The third-order valence-corrected chi connectivity index (χ3v) is 3.22. The largest absolute Gasteiger partial charge is 0.280 e. The molecule has 6 nitrogen and oxygen atoms in total. The lowest BCUT2D eigenvalue weighted by molar-refractivity contribution is -0.384. The summed E-state index contributed by atoms with van der Waals surface area (Å²) < 4.78 is 27.6. The fraction of sp³-hybridized carbons (Fsp3) is 0.0667. The molecular formula is C15H10F2N4O2. The Morgan fingerprint density at radius 2 is 1.91 bits per heavy atom. The lowest BCUT2D eigenvalue weighted by atomic mass is 10.2. The minimum absolute atomic E-state index is 0.119. The standard InChI is InChI=1S/C15H10F2N4O2/c16-15(17)14-8-13(10-2-1-7-18-9-10)19-20(14)11-3-5-12(6-4-11)21(22)23/h1-9,15H. The van der Waals surface area contributed by atoms with E-state index < -0.39 is 11.3 Å². The smallest absolute Gasteiger partial charge is 0.264 e. The van der Waals surface area contributed by atoms with Crippen LogP contribution in [0.1, 0.15) is 12.1 Å². The molecule has 0 saturated heterocycles. The van der Waals surface area contributed by atoms with Crippen LogP contribution in [0.25, 0.3) is 16.9 Å². The molecule has 0 aliphatic carbocycles. The van der Waals surface area contributed by atoms with Gasteiger partial charge in [-0.3, -0.25) is 15.1 Å². The molecule has 0 spiro atoms. The van der Waals surface area contributed by atoms with Gasteiger partial charge in [0.2, 0.25) is 0 Å². The molecule has 2 heterocycles. The number of nitro groups is 1. The van der Waals surface area contributed by atoms with Crippen LogP contribution in [0.3, 0.4) is 0 Å². The van der Waals surface area contributed by atoms with Gasteiger partial charge in [-0.1, -0.05) is 0 Å². The number of aromatic nitrogens is 3. The zero-order valence-electron chi connectivity index (χ0n) is 11.6. The van der Waals surface area contributed by atoms with Gasteiger partial charge < -0.3 is 0 Å². The lowest BCUT2D eigenvalue weighted by Crippen LogP contribution is -2.02. The van der Waals surface area contributed by atoms with Gasteiger partial charge in [0, 0.05) is 30.1 Å². The number of benzene rings is 1. The van der Waals surface area contributed by atoms with Crippen LogP contribution in [-0.2, 0) is 0 Å². The van der Waals surface area contributed by atoms with Crippen molar-refractivity contribution in [2.75, 3.05) is 0 Å². The van der Waals surface area contributed by atoms with Crippen molar-refractivity contribution < 1.29 is 13.7 Å². The Balaban J connectivity index is 2.07. The summed E-state index contributed by atoms with van der Waals surface area (Å²) in [5.74, 6) is 0. The van der Waals surface area contributed by atoms with Crippen LogP contribution < -0.4 is 0 Å². The van der Waals surface area contributed by atoms with Crippen LogP contribution >= 0.6 is 0 Å². The first-order chi connectivity index (χ1) is 11.1. The number of non-ortho nitro benzene ring substituents is 1. The van der Waals surface area contributed by atoms with Crippen LogP contribution in [-0.4, -0.2) is 19.7 Å². The third-order valence-electron chi connectivity index (χ3n) is 3.22. The maximum atomic E-state index is 13.3. The molecule has 3 rings (SSSR count). The van der Waals surface area contributed by atoms with Gasteiger partial charge in [0.25, 0.3) is 12.1 Å². The predicted octanol–water partition coefficient (Wildman–Crippen LogP) is 3.78. The van der Waals surface area contributed by atoms with Crippen molar-refractivity contribution in [3.05, 3.63) is 70.7 Å². The normalized spacial score (nSPS) is 10.9. The molecule has 0 aliphatic rings. The fourth-order valence-corrected chi connectivity index (χ4v) is 2.13. The first-order valence-electron chi connectivity index (χ1n) is 6.59. The molecule has 0 N–H and O–H groups in total. The summed E-state index contributed by atoms with van der Waals surface area (Å²) >= 11 is 0. The number of hydrogen-bond acceptors (Lipinski definition) is 4. The Kier molecular flexibility index (Phi) is 3.80. The summed E-state index contributed by atoms with van der Waals surface area (Å²) in [5.41, 5.74) is 0.868. The van der Waals surface area contributed by atoms with Gasteiger partial charge in [0.15, 0.2) is 0 Å². The van der Waals surface area contributed by atoms with Crippen LogP contribution in [0.15, 0.2) is 54.9 Å². The van der Waals surface area contributed by atoms with Crippen molar-refractivity contribution >= 4 is 5.69 Å². The van der Waals surface area contributed by atoms with E-state index in [0.29, 0.717) is 16.9 Å². The van der Waals surface area contributed by atoms with Crippen molar-refractivity contribution in [1.82, 2.24) is 14.8 Å². The Bertz CT molecular complexity index is 832. The van der Waals surface area contributed by atoms with E-state index in [1.54, 1.807) is 18.3 Å². The average Bonchev–Trinajstić information content (AvgIpc) is 3.01. The Hall–Kier alpha value is -3.16. The topological polar surface area (TPSA) is 73.8 Å². The molecule has 0 radical (unpaired) electrons. The SMILES string of the molecule is O=[N+]([O-])c1ccc(-n2nc(-c3cccnc3)cc2C(F)F)cc1. The molecular weight excluding hydrogens is 306 g/mol. The van der Waals surface area contributed by atoms with Crippen molar-refractivity contribution in [3.63, 3.8) is 0 Å². The molecule has 0 amide bonds. The molecule has 3 aromatic rings. The summed E-state index contributed by atoms with van der Waals surface area (Å²) in [5, 5.41) is 14.8. The quantitative estimate of drug-likeness (QED) is 0.542. The molecule has 116 valence electrons. The zero-order valence-corrected chi connectivity index (χ0v) is 11.6. The monoisotopic (exact) mass is 316 g/mol. The molecule has 0 aliphatic heterocycles. The van der Waals surface area contributed by atoms with Gasteiger partial charge in [-0.2, -0.15) is 5.10 Å². The summed E-state index contributed by atoms with van der Waals surface area (Å²) in [4.78, 5) is 14.1. The average molecular weight is 316 g/mol. The number of halogens is 2. The Morgan fingerprint density at radius 3 is 2.48 bits per heavy atom. The first-order valence-corrected chi connectivity index (χ1v) is 6.59. The van der Waals surface area contributed by atoms with E-state index in [1.165, 1.54) is 36.5 Å². The molecule has 23 heavy (non-hydrogen) atoms. The van der Waals surface area contributed by atoms with Gasteiger partial charge in [0.05, 0.1) is 16.3 Å². The fourth-order valence-electron chi connectivity index (χ4n) is 2.13. The van der Waals surface area contributed by atoms with Crippen LogP contribution in [0.2, 0.25) is 0 Å². The van der Waals surface area contributed by atoms with E-state index in [4.69, 9.17) is 0 Å². The van der Waals surface area contributed by atoms with Crippen molar-refractivity contribution in [2.24, 2.45) is 0 Å². The molecule has 0 fully saturated rings. The van der Waals surface area contributed by atoms with Crippen LogP contribution in [0, 0.1) is 10.1 Å². The Labute approximate surface area is 129 Å². The van der Waals surface area contributed by atoms with E-state index in [0.717, 1.165) is 4.68 Å². The van der Waals surface area contributed by atoms with Gasteiger partial charge in [-0.15, -0.1) is 0 Å². The molecule has 0 saturated carbocycles. The summed E-state index contributed by atoms with van der Waals surface area (Å²) in [7, 11) is 0. The number of rotatable bonds is 4. The molecule has 0 unspecified atom stereocenters. The highest BCUT2D eigenvalue weighted by Gasteiger charge is 2.19. The number of nitrogens with zero attached hydrogens (tertiary/aromatic N) is 4. The Morgan fingerprint density at radius 1 is 1.17 bits per heavy atom. The zero-order chi connectivity index (χ0) is 16.4. The predicted molar refractivity (Wildman–Crippen MR) is 78.4 cm³/mol. The van der Waals surface area contributed by atoms with E-state index in [9.17, 15) is 18.9 Å². The minimum atomic E-state index is -2.73. The molecule has 1 aromatic carbocycles. The highest BCUT2D eigenvalue weighted by molar-refractivity contribution is 5.59. The number of alkyl halides is 2. The lowest BCUT2D eigenvalue weighted by Gasteiger charge is -2.06. The molecule has 8 heteroatoms. The van der Waals surface area contributed by atoms with Crippen LogP contribution in [0.5, 0.6) is 0 Å². The summed E-state index contributed by atoms with van der Waals surface area (Å²) in [6, 6.07) is 9.93. The van der Waals surface area contributed by atoms with E-state index in [1.807, 2.05) is 0 Å². The van der Waals surface area contributed by atoms with Gasteiger partial charge in [-0.05, 0) is 30.3 Å². The van der Waals surface area contributed by atoms with Crippen molar-refractivity contribution in [3.8, 4) is 16.9 Å². The first kappa shape index (κ1) is 14.8. The van der Waals surface area contributed by atoms with Gasteiger partial charge in [-0.25, -0.2) is 13.5 Å². The number of pyridine rings is 1. The third kappa shape index (κ3) is 2.91. The highest BCUT2D eigenvalue weighted by atomic mass is 19.3. The highest BCUT2D eigenvalue weighted by Crippen LogP contribution is 2.28. The van der Waals surface area contributed by atoms with E-state index >= 15 is 0 Å². The summed E-state index contributed by atoms with van der Waals surface area (Å²) in [6.45, 7) is 0.